The van der Waals surface area contributed by atoms with Crippen LogP contribution in [0.1, 0.15) is 39.3 Å². The second kappa shape index (κ2) is 7.21. The van der Waals surface area contributed by atoms with Gasteiger partial charge in [0, 0.05) is 31.2 Å². The van der Waals surface area contributed by atoms with E-state index in [1.807, 2.05) is 23.1 Å². The lowest BCUT2D eigenvalue weighted by molar-refractivity contribution is 0.149. The van der Waals surface area contributed by atoms with Crippen molar-refractivity contribution in [1.82, 2.24) is 24.6 Å². The van der Waals surface area contributed by atoms with Crippen molar-refractivity contribution >= 4 is 0 Å². The molecule has 1 fully saturated rings. The second-order valence-corrected chi connectivity index (χ2v) is 6.66. The van der Waals surface area contributed by atoms with E-state index in [0.717, 1.165) is 30.0 Å². The van der Waals surface area contributed by atoms with E-state index in [2.05, 4.69) is 40.7 Å². The molecule has 2 aromatic heterocycles. The van der Waals surface area contributed by atoms with Crippen molar-refractivity contribution in [2.24, 2.45) is 5.92 Å². The maximum Gasteiger partial charge on any atom is 0.110 e. The minimum absolute atomic E-state index is 0.655. The molecule has 0 spiro atoms. The van der Waals surface area contributed by atoms with Gasteiger partial charge in [-0.3, -0.25) is 14.6 Å². The Morgan fingerprint density at radius 1 is 1.13 bits per heavy atom. The first-order valence-corrected chi connectivity index (χ1v) is 8.75. The fourth-order valence-corrected chi connectivity index (χ4v) is 3.46. The molecule has 0 aromatic carbocycles. The van der Waals surface area contributed by atoms with E-state index in [-0.39, 0.29) is 0 Å². The molecule has 0 unspecified atom stereocenters. The SMILES string of the molecule is CCn1nccc1-c1nccnc1CC1CCN(C(C)C)CC1. The molecule has 2 aromatic rings. The summed E-state index contributed by atoms with van der Waals surface area (Å²) in [7, 11) is 0. The van der Waals surface area contributed by atoms with Gasteiger partial charge in [0.1, 0.15) is 5.69 Å². The monoisotopic (exact) mass is 313 g/mol. The zero-order valence-electron chi connectivity index (χ0n) is 14.4. The number of hydrogen-bond acceptors (Lipinski definition) is 4. The third-order valence-corrected chi connectivity index (χ3v) is 4.89. The lowest BCUT2D eigenvalue weighted by Gasteiger charge is -2.34. The molecule has 0 atom stereocenters. The van der Waals surface area contributed by atoms with Crippen LogP contribution < -0.4 is 0 Å². The Labute approximate surface area is 138 Å². The van der Waals surface area contributed by atoms with Crippen molar-refractivity contribution < 1.29 is 0 Å². The minimum atomic E-state index is 0.655. The highest BCUT2D eigenvalue weighted by atomic mass is 15.3. The van der Waals surface area contributed by atoms with Gasteiger partial charge >= 0.3 is 0 Å². The topological polar surface area (TPSA) is 46.8 Å². The zero-order chi connectivity index (χ0) is 16.2. The summed E-state index contributed by atoms with van der Waals surface area (Å²) in [5.41, 5.74) is 3.19. The van der Waals surface area contributed by atoms with E-state index in [1.165, 1.54) is 25.9 Å². The Kier molecular flexibility index (Phi) is 5.06. The standard InChI is InChI=1S/C18H27N5/c1-4-23-17(5-8-21-23)18-16(19-9-10-20-18)13-15-6-11-22(12-7-15)14(2)3/h5,8-10,14-15H,4,6-7,11-13H2,1-3H3. The highest BCUT2D eigenvalue weighted by Gasteiger charge is 2.23. The Bertz CT molecular complexity index is 626. The Balaban J connectivity index is 1.75. The summed E-state index contributed by atoms with van der Waals surface area (Å²) in [6.45, 7) is 9.93. The van der Waals surface area contributed by atoms with Crippen molar-refractivity contribution in [2.75, 3.05) is 13.1 Å². The largest absolute Gasteiger partial charge is 0.301 e. The average molecular weight is 313 g/mol. The van der Waals surface area contributed by atoms with Crippen molar-refractivity contribution in [3.05, 3.63) is 30.4 Å². The van der Waals surface area contributed by atoms with Crippen LogP contribution in [0.15, 0.2) is 24.7 Å². The summed E-state index contributed by atoms with van der Waals surface area (Å²) in [6, 6.07) is 2.69. The van der Waals surface area contributed by atoms with Crippen LogP contribution in [0, 0.1) is 5.92 Å². The molecule has 3 heterocycles. The van der Waals surface area contributed by atoms with Crippen molar-refractivity contribution in [1.29, 1.82) is 0 Å². The van der Waals surface area contributed by atoms with Crippen LogP contribution in [0.25, 0.3) is 11.4 Å². The Morgan fingerprint density at radius 2 is 1.87 bits per heavy atom. The first kappa shape index (κ1) is 16.1. The summed E-state index contributed by atoms with van der Waals surface area (Å²) < 4.78 is 1.99. The van der Waals surface area contributed by atoms with Gasteiger partial charge in [0.2, 0.25) is 0 Å². The number of likely N-dealkylation sites (tertiary alicyclic amines) is 1. The smallest absolute Gasteiger partial charge is 0.110 e. The summed E-state index contributed by atoms with van der Waals surface area (Å²) in [6.07, 6.45) is 8.97. The van der Waals surface area contributed by atoms with E-state index < -0.39 is 0 Å². The van der Waals surface area contributed by atoms with Gasteiger partial charge in [-0.05, 0) is 65.1 Å². The zero-order valence-corrected chi connectivity index (χ0v) is 14.4. The van der Waals surface area contributed by atoms with Gasteiger partial charge in [0.05, 0.1) is 11.4 Å². The summed E-state index contributed by atoms with van der Waals surface area (Å²) >= 11 is 0. The van der Waals surface area contributed by atoms with E-state index in [0.29, 0.717) is 12.0 Å². The molecule has 1 aliphatic rings. The molecule has 0 amide bonds. The number of hydrogen-bond donors (Lipinski definition) is 0. The number of nitrogens with zero attached hydrogens (tertiary/aromatic N) is 5. The highest BCUT2D eigenvalue weighted by molar-refractivity contribution is 5.56. The normalized spacial score (nSPS) is 17.0. The van der Waals surface area contributed by atoms with Crippen LogP contribution in [0.5, 0.6) is 0 Å². The fraction of sp³-hybridized carbons (Fsp3) is 0.611. The Morgan fingerprint density at radius 3 is 2.57 bits per heavy atom. The van der Waals surface area contributed by atoms with Crippen molar-refractivity contribution in [3.63, 3.8) is 0 Å². The first-order chi connectivity index (χ1) is 11.2. The summed E-state index contributed by atoms with van der Waals surface area (Å²) in [5, 5.41) is 4.37. The molecule has 0 aliphatic carbocycles. The quantitative estimate of drug-likeness (QED) is 0.851. The summed E-state index contributed by atoms with van der Waals surface area (Å²) in [4.78, 5) is 11.8. The second-order valence-electron chi connectivity index (χ2n) is 6.66. The molecule has 5 nitrogen and oxygen atoms in total. The fourth-order valence-electron chi connectivity index (χ4n) is 3.46. The molecule has 1 aliphatic heterocycles. The molecule has 3 rings (SSSR count). The molecule has 0 radical (unpaired) electrons. The van der Waals surface area contributed by atoms with Crippen LogP contribution in [0.2, 0.25) is 0 Å². The van der Waals surface area contributed by atoms with Gasteiger partial charge in [-0.25, -0.2) is 0 Å². The van der Waals surface area contributed by atoms with E-state index in [9.17, 15) is 0 Å². The summed E-state index contributed by atoms with van der Waals surface area (Å²) in [5.74, 6) is 0.707. The molecule has 1 saturated heterocycles. The minimum Gasteiger partial charge on any atom is -0.301 e. The molecule has 23 heavy (non-hydrogen) atoms. The molecule has 0 N–H and O–H groups in total. The van der Waals surface area contributed by atoms with Gasteiger partial charge in [0.15, 0.2) is 0 Å². The van der Waals surface area contributed by atoms with Gasteiger partial charge < -0.3 is 4.90 Å². The van der Waals surface area contributed by atoms with Crippen LogP contribution >= 0.6 is 0 Å². The van der Waals surface area contributed by atoms with Gasteiger partial charge in [-0.2, -0.15) is 5.10 Å². The molecule has 124 valence electrons. The third kappa shape index (κ3) is 3.61. The van der Waals surface area contributed by atoms with Crippen LogP contribution in [-0.2, 0) is 13.0 Å². The number of aryl methyl sites for hydroxylation is 1. The third-order valence-electron chi connectivity index (χ3n) is 4.89. The predicted octanol–water partition coefficient (Wildman–Crippen LogP) is 3.02. The maximum absolute atomic E-state index is 4.64. The van der Waals surface area contributed by atoms with Crippen molar-refractivity contribution in [3.8, 4) is 11.4 Å². The van der Waals surface area contributed by atoms with Crippen LogP contribution in [0.3, 0.4) is 0 Å². The lowest BCUT2D eigenvalue weighted by Crippen LogP contribution is -2.38. The lowest BCUT2D eigenvalue weighted by atomic mass is 9.90. The number of piperidine rings is 1. The van der Waals surface area contributed by atoms with Crippen molar-refractivity contribution in [2.45, 2.75) is 52.6 Å². The molecular formula is C18H27N5. The van der Waals surface area contributed by atoms with E-state index >= 15 is 0 Å². The Hall–Kier alpha value is -1.75. The van der Waals surface area contributed by atoms with Gasteiger partial charge in [0.25, 0.3) is 0 Å². The van der Waals surface area contributed by atoms with Gasteiger partial charge in [-0.1, -0.05) is 0 Å². The number of aromatic nitrogens is 4. The molecule has 0 bridgehead atoms. The molecule has 5 heteroatoms. The number of rotatable bonds is 5. The van der Waals surface area contributed by atoms with Gasteiger partial charge in [-0.15, -0.1) is 0 Å². The maximum atomic E-state index is 4.64. The average Bonchev–Trinajstić information content (AvgIpc) is 3.04. The van der Waals surface area contributed by atoms with E-state index in [1.54, 1.807) is 6.20 Å². The molecule has 0 saturated carbocycles. The van der Waals surface area contributed by atoms with Crippen LogP contribution in [-0.4, -0.2) is 43.8 Å². The first-order valence-electron chi connectivity index (χ1n) is 8.75. The predicted molar refractivity (Wildman–Crippen MR) is 92.1 cm³/mol. The highest BCUT2D eigenvalue weighted by Crippen LogP contribution is 2.26. The van der Waals surface area contributed by atoms with E-state index in [4.69, 9.17) is 0 Å². The van der Waals surface area contributed by atoms with Crippen LogP contribution in [0.4, 0.5) is 0 Å². The molecular weight excluding hydrogens is 286 g/mol.